The van der Waals surface area contributed by atoms with Crippen molar-refractivity contribution in [3.63, 3.8) is 0 Å². The molecule has 0 bridgehead atoms. The minimum atomic E-state index is -3.28. The zero-order valence-electron chi connectivity index (χ0n) is 13.6. The van der Waals surface area contributed by atoms with Crippen LogP contribution in [0.4, 0.5) is 0 Å². The van der Waals surface area contributed by atoms with Crippen molar-refractivity contribution in [3.05, 3.63) is 0 Å². The van der Waals surface area contributed by atoms with Crippen molar-refractivity contribution in [2.75, 3.05) is 53.9 Å². The van der Waals surface area contributed by atoms with Crippen molar-refractivity contribution >= 4 is 10.2 Å². The van der Waals surface area contributed by atoms with Crippen molar-refractivity contribution in [2.45, 2.75) is 31.7 Å². The summed E-state index contributed by atoms with van der Waals surface area (Å²) in [5.41, 5.74) is 0. The first-order chi connectivity index (χ1) is 9.95. The minimum absolute atomic E-state index is 0.139. The number of nitrogens with zero attached hydrogens (tertiary/aromatic N) is 3. The van der Waals surface area contributed by atoms with Gasteiger partial charge in [0.15, 0.2) is 0 Å². The van der Waals surface area contributed by atoms with Gasteiger partial charge >= 0.3 is 0 Å². The average Bonchev–Trinajstić information content (AvgIpc) is 2.88. The van der Waals surface area contributed by atoms with E-state index in [1.807, 2.05) is 21.1 Å². The number of hydrogen-bond acceptors (Lipinski definition) is 4. The molecule has 0 aliphatic carbocycles. The fraction of sp³-hybridized carbons (Fsp3) is 1.00. The molecule has 1 unspecified atom stereocenters. The summed E-state index contributed by atoms with van der Waals surface area (Å²) in [6, 6.07) is 0.139. The summed E-state index contributed by atoms with van der Waals surface area (Å²) in [4.78, 5) is 2.08. The van der Waals surface area contributed by atoms with Crippen LogP contribution in [0.3, 0.4) is 0 Å². The van der Waals surface area contributed by atoms with Gasteiger partial charge in [0.05, 0.1) is 0 Å². The Morgan fingerprint density at radius 1 is 1.14 bits per heavy atom. The first kappa shape index (κ1) is 17.1. The van der Waals surface area contributed by atoms with Crippen LogP contribution in [0.15, 0.2) is 0 Å². The van der Waals surface area contributed by atoms with E-state index < -0.39 is 10.2 Å². The summed E-state index contributed by atoms with van der Waals surface area (Å²) < 4.78 is 29.2. The van der Waals surface area contributed by atoms with Gasteiger partial charge in [-0.15, -0.1) is 0 Å². The zero-order chi connectivity index (χ0) is 15.5. The molecule has 2 rings (SSSR count). The number of nitrogens with one attached hydrogen (secondary N) is 1. The largest absolute Gasteiger partial charge is 0.319 e. The van der Waals surface area contributed by atoms with Crippen LogP contribution in [0, 0.1) is 5.92 Å². The van der Waals surface area contributed by atoms with Gasteiger partial charge in [-0.3, -0.25) is 0 Å². The maximum atomic E-state index is 12.9. The van der Waals surface area contributed by atoms with E-state index in [4.69, 9.17) is 0 Å². The third-order valence-electron chi connectivity index (χ3n) is 4.59. The van der Waals surface area contributed by atoms with E-state index in [2.05, 4.69) is 10.2 Å². The maximum absolute atomic E-state index is 12.9. The lowest BCUT2D eigenvalue weighted by molar-refractivity contribution is 0.235. The molecule has 124 valence electrons. The molecule has 0 saturated carbocycles. The van der Waals surface area contributed by atoms with Gasteiger partial charge in [-0.1, -0.05) is 0 Å². The molecule has 0 spiro atoms. The molecule has 2 fully saturated rings. The third kappa shape index (κ3) is 4.16. The summed E-state index contributed by atoms with van der Waals surface area (Å²) in [5, 5.41) is 3.19. The van der Waals surface area contributed by atoms with Gasteiger partial charge in [-0.05, 0) is 59.3 Å². The topological polar surface area (TPSA) is 55.9 Å². The Morgan fingerprint density at radius 3 is 2.38 bits per heavy atom. The monoisotopic (exact) mass is 318 g/mol. The first-order valence-electron chi connectivity index (χ1n) is 8.01. The quantitative estimate of drug-likeness (QED) is 0.759. The minimum Gasteiger partial charge on any atom is -0.319 e. The van der Waals surface area contributed by atoms with E-state index in [9.17, 15) is 8.42 Å². The van der Waals surface area contributed by atoms with Crippen molar-refractivity contribution in [2.24, 2.45) is 5.92 Å². The highest BCUT2D eigenvalue weighted by molar-refractivity contribution is 7.86. The number of likely N-dealkylation sites (N-methyl/N-ethyl adjacent to an activating group) is 1. The summed E-state index contributed by atoms with van der Waals surface area (Å²) in [6.45, 7) is 3.81. The molecule has 6 nitrogen and oxygen atoms in total. The van der Waals surface area contributed by atoms with Gasteiger partial charge in [-0.2, -0.15) is 17.0 Å². The fourth-order valence-electron chi connectivity index (χ4n) is 3.50. The number of piperidine rings is 1. The zero-order valence-corrected chi connectivity index (χ0v) is 14.4. The van der Waals surface area contributed by atoms with Crippen LogP contribution in [0.1, 0.15) is 25.7 Å². The van der Waals surface area contributed by atoms with Gasteiger partial charge in [0, 0.05) is 32.2 Å². The Labute approximate surface area is 129 Å². The van der Waals surface area contributed by atoms with Crippen molar-refractivity contribution in [3.8, 4) is 0 Å². The molecule has 0 aromatic heterocycles. The molecule has 0 aromatic carbocycles. The Bertz CT molecular complexity index is 419. The molecule has 2 heterocycles. The van der Waals surface area contributed by atoms with Crippen LogP contribution in [0.5, 0.6) is 0 Å². The van der Waals surface area contributed by atoms with Crippen LogP contribution >= 0.6 is 0 Å². The van der Waals surface area contributed by atoms with Gasteiger partial charge in [0.1, 0.15) is 0 Å². The highest BCUT2D eigenvalue weighted by Gasteiger charge is 2.39. The lowest BCUT2D eigenvalue weighted by Crippen LogP contribution is -2.51. The van der Waals surface area contributed by atoms with E-state index >= 15 is 0 Å². The molecule has 2 aliphatic heterocycles. The first-order valence-corrected chi connectivity index (χ1v) is 9.41. The molecule has 2 saturated heterocycles. The van der Waals surface area contributed by atoms with Crippen LogP contribution in [-0.4, -0.2) is 81.8 Å². The lowest BCUT2D eigenvalue weighted by Gasteiger charge is -2.36. The van der Waals surface area contributed by atoms with Gasteiger partial charge < -0.3 is 10.2 Å². The van der Waals surface area contributed by atoms with Crippen molar-refractivity contribution < 1.29 is 8.42 Å². The Hall–Kier alpha value is -0.210. The highest BCUT2D eigenvalue weighted by Crippen LogP contribution is 2.27. The van der Waals surface area contributed by atoms with Gasteiger partial charge in [0.2, 0.25) is 0 Å². The summed E-state index contributed by atoms with van der Waals surface area (Å²) in [5.74, 6) is 0.609. The second kappa shape index (κ2) is 7.37. The molecule has 0 radical (unpaired) electrons. The maximum Gasteiger partial charge on any atom is 0.282 e. The standard InChI is InChI=1S/C14H30N4O2S/c1-15-11-13-6-9-17(10-7-13)21(19,20)18-8-4-5-14(18)12-16(2)3/h13-15H,4-12H2,1-3H3. The predicted molar refractivity (Wildman–Crippen MR) is 85.4 cm³/mol. The predicted octanol–water partition coefficient (Wildman–Crippen LogP) is 0.189. The smallest absolute Gasteiger partial charge is 0.282 e. The molecule has 21 heavy (non-hydrogen) atoms. The number of rotatable bonds is 6. The third-order valence-corrected chi connectivity index (χ3v) is 6.68. The SMILES string of the molecule is CNCC1CCN(S(=O)(=O)N2CCCC2CN(C)C)CC1. The van der Waals surface area contributed by atoms with Crippen LogP contribution < -0.4 is 5.32 Å². The average molecular weight is 318 g/mol. The van der Waals surface area contributed by atoms with Crippen LogP contribution in [0.25, 0.3) is 0 Å². The van der Waals surface area contributed by atoms with Gasteiger partial charge in [-0.25, -0.2) is 0 Å². The second-order valence-corrected chi connectivity index (χ2v) is 8.46. The molecular weight excluding hydrogens is 288 g/mol. The highest BCUT2D eigenvalue weighted by atomic mass is 32.2. The molecule has 7 heteroatoms. The summed E-state index contributed by atoms with van der Waals surface area (Å²) in [6.07, 6.45) is 3.89. The number of hydrogen-bond donors (Lipinski definition) is 1. The summed E-state index contributed by atoms with van der Waals surface area (Å²) in [7, 11) is 2.69. The van der Waals surface area contributed by atoms with Crippen LogP contribution in [-0.2, 0) is 10.2 Å². The van der Waals surface area contributed by atoms with E-state index in [-0.39, 0.29) is 6.04 Å². The van der Waals surface area contributed by atoms with E-state index in [0.29, 0.717) is 25.6 Å². The van der Waals surface area contributed by atoms with E-state index in [1.54, 1.807) is 8.61 Å². The van der Waals surface area contributed by atoms with Crippen molar-refractivity contribution in [1.29, 1.82) is 0 Å². The Morgan fingerprint density at radius 2 is 1.81 bits per heavy atom. The fourth-order valence-corrected chi connectivity index (χ4v) is 5.38. The normalized spacial score (nSPS) is 26.8. The lowest BCUT2D eigenvalue weighted by atomic mass is 9.98. The molecule has 1 atom stereocenters. The Balaban J connectivity index is 1.98. The van der Waals surface area contributed by atoms with Crippen molar-refractivity contribution in [1.82, 2.24) is 18.8 Å². The van der Waals surface area contributed by atoms with E-state index in [1.165, 1.54) is 0 Å². The van der Waals surface area contributed by atoms with Crippen LogP contribution in [0.2, 0.25) is 0 Å². The Kier molecular flexibility index (Phi) is 6.02. The second-order valence-electron chi connectivity index (χ2n) is 6.58. The molecule has 0 aromatic rings. The van der Waals surface area contributed by atoms with Gasteiger partial charge in [0.25, 0.3) is 10.2 Å². The molecule has 1 N–H and O–H groups in total. The molecule has 0 amide bonds. The molecule has 2 aliphatic rings. The molecular formula is C14H30N4O2S. The summed E-state index contributed by atoms with van der Waals surface area (Å²) >= 11 is 0. The van der Waals surface area contributed by atoms with E-state index in [0.717, 1.165) is 38.8 Å².